The molecular weight excluding hydrogens is 364 g/mol. The molecule has 2 aliphatic rings. The fraction of sp³-hybridized carbons (Fsp3) is 0.250. The second-order valence-corrected chi connectivity index (χ2v) is 6.57. The van der Waals surface area contributed by atoms with E-state index >= 15 is 0 Å². The summed E-state index contributed by atoms with van der Waals surface area (Å²) in [5.74, 6) is -0.163. The average Bonchev–Trinajstić information content (AvgIpc) is 2.40. The Kier molecular flexibility index (Phi) is 4.38. The minimum absolute atomic E-state index is 0.137. The maximum absolute atomic E-state index is 11.3. The predicted molar refractivity (Wildman–Crippen MR) is 78.7 cm³/mol. The van der Waals surface area contributed by atoms with Crippen LogP contribution in [0.15, 0.2) is 32.7 Å². The highest BCUT2D eigenvalue weighted by atomic mass is 79.9. The highest BCUT2D eigenvalue weighted by Crippen LogP contribution is 2.35. The summed E-state index contributed by atoms with van der Waals surface area (Å²) in [4.78, 5) is 3.76. The van der Waals surface area contributed by atoms with Crippen molar-refractivity contribution >= 4 is 26.0 Å². The number of aromatic hydroxyl groups is 1. The lowest BCUT2D eigenvalue weighted by atomic mass is 10.1. The molecule has 0 aromatic rings. The Bertz CT molecular complexity index is 828. The molecule has 0 saturated carbocycles. The van der Waals surface area contributed by atoms with Gasteiger partial charge in [0.1, 0.15) is 10.3 Å². The molecule has 0 radical (unpaired) electrons. The van der Waals surface area contributed by atoms with Gasteiger partial charge in [-0.3, -0.25) is 9.55 Å². The third-order valence-electron chi connectivity index (χ3n) is 2.90. The third kappa shape index (κ3) is 3.10. The minimum Gasteiger partial charge on any atom is -0.505 e. The van der Waals surface area contributed by atoms with Crippen LogP contribution >= 0.6 is 15.9 Å². The molecule has 0 unspecified atom stereocenters. The van der Waals surface area contributed by atoms with E-state index in [0.717, 1.165) is 0 Å². The van der Waals surface area contributed by atoms with Crippen LogP contribution in [0.1, 0.15) is 0 Å². The molecule has 1 aliphatic carbocycles. The molecule has 2 rings (SSSR count). The van der Waals surface area contributed by atoms with Crippen LogP contribution in [0.3, 0.4) is 0 Å². The van der Waals surface area contributed by atoms with Gasteiger partial charge in [-0.15, -0.1) is 0 Å². The molecule has 0 saturated heterocycles. The van der Waals surface area contributed by atoms with Crippen LogP contribution in [-0.4, -0.2) is 40.9 Å². The van der Waals surface area contributed by atoms with Gasteiger partial charge in [-0.1, -0.05) is 0 Å². The first-order valence-corrected chi connectivity index (χ1v) is 8.09. The summed E-state index contributed by atoms with van der Waals surface area (Å²) in [6.07, 6.45) is 1.26. The number of aliphatic hydroxyl groups is 1. The molecule has 0 aromatic carbocycles. The van der Waals surface area contributed by atoms with Crippen molar-refractivity contribution in [3.63, 3.8) is 0 Å². The van der Waals surface area contributed by atoms with Crippen molar-refractivity contribution in [2.24, 2.45) is 12.0 Å². The monoisotopic (exact) mass is 376 g/mol. The van der Waals surface area contributed by atoms with Gasteiger partial charge in [-0.05, 0) is 28.1 Å². The lowest BCUT2D eigenvalue weighted by Gasteiger charge is -2.16. The Labute approximate surface area is 129 Å². The molecule has 21 heavy (non-hydrogen) atoms. The predicted octanol–water partition coefficient (Wildman–Crippen LogP) is 0.738. The number of nitrogens with zero attached hydrogens (tertiary/aromatic N) is 2. The summed E-state index contributed by atoms with van der Waals surface area (Å²) in [5.41, 5.74) is 1.01. The van der Waals surface area contributed by atoms with Crippen molar-refractivity contribution in [1.29, 1.82) is 0 Å². The van der Waals surface area contributed by atoms with Crippen LogP contribution in [0.25, 0.3) is 11.3 Å². The lowest BCUT2D eigenvalue weighted by molar-refractivity contribution is 0.305. The van der Waals surface area contributed by atoms with E-state index in [-0.39, 0.29) is 33.6 Å². The minimum atomic E-state index is -4.35. The quantitative estimate of drug-likeness (QED) is 0.683. The molecule has 0 atom stereocenters. The van der Waals surface area contributed by atoms with Crippen LogP contribution in [-0.2, 0) is 17.2 Å². The van der Waals surface area contributed by atoms with E-state index in [1.165, 1.54) is 16.8 Å². The number of fused-ring (bicyclic) bond motifs is 1. The number of phenolic OH excluding ortho intramolecular Hbond substituents is 1. The fourth-order valence-electron chi connectivity index (χ4n) is 1.93. The van der Waals surface area contributed by atoms with E-state index < -0.39 is 10.1 Å². The first-order chi connectivity index (χ1) is 9.75. The second kappa shape index (κ2) is 5.76. The van der Waals surface area contributed by atoms with Gasteiger partial charge in [0.15, 0.2) is 5.75 Å². The number of benzene rings is 1. The summed E-state index contributed by atoms with van der Waals surface area (Å²) in [7, 11) is -2.74. The molecule has 1 aliphatic heterocycles. The summed E-state index contributed by atoms with van der Waals surface area (Å²) in [6.45, 7) is -0.0127. The Hall–Kier alpha value is -1.42. The standard InChI is InChI=1S/C12H13BrN2O5S/c1-15-6-7(21(18,19)20)4-8-10(15)5-9(14-2-3-16)12(17)11(8)13/h4-6,16-17H,2-3H2,1H3,(H,18,19,20). The van der Waals surface area contributed by atoms with E-state index in [4.69, 9.17) is 9.66 Å². The van der Waals surface area contributed by atoms with E-state index in [2.05, 4.69) is 20.9 Å². The molecule has 0 fully saturated rings. The number of hydrogen-bond acceptors (Lipinski definition) is 5. The average molecular weight is 377 g/mol. The molecule has 0 aromatic heterocycles. The number of phenols is 1. The number of aliphatic hydroxyl groups excluding tert-OH is 1. The molecule has 114 valence electrons. The van der Waals surface area contributed by atoms with E-state index in [0.29, 0.717) is 11.3 Å². The van der Waals surface area contributed by atoms with Crippen LogP contribution < -0.4 is 5.36 Å². The van der Waals surface area contributed by atoms with E-state index in [9.17, 15) is 13.5 Å². The fourth-order valence-corrected chi connectivity index (χ4v) is 3.01. The smallest absolute Gasteiger partial charge is 0.295 e. The molecule has 1 heterocycles. The van der Waals surface area contributed by atoms with Crippen molar-refractivity contribution in [1.82, 2.24) is 4.57 Å². The highest BCUT2D eigenvalue weighted by Gasteiger charge is 2.19. The second-order valence-electron chi connectivity index (χ2n) is 4.36. The first kappa shape index (κ1) is 16.0. The first-order valence-electron chi connectivity index (χ1n) is 5.86. The van der Waals surface area contributed by atoms with E-state index in [1.807, 2.05) is 0 Å². The summed E-state index contributed by atoms with van der Waals surface area (Å²) in [6, 6.07) is 2.82. The Morgan fingerprint density at radius 3 is 2.62 bits per heavy atom. The van der Waals surface area contributed by atoms with Crippen molar-refractivity contribution in [3.8, 4) is 17.0 Å². The SMILES string of the molecule is Cn1cc(S(=O)(=O)O)cc2c(Br)c(O)c(=NCCO)cc1-2. The molecule has 0 bridgehead atoms. The van der Waals surface area contributed by atoms with Gasteiger partial charge in [-0.25, -0.2) is 0 Å². The van der Waals surface area contributed by atoms with Crippen LogP contribution in [0.2, 0.25) is 0 Å². The number of halogens is 1. The van der Waals surface area contributed by atoms with Crippen molar-refractivity contribution < 1.29 is 23.2 Å². The van der Waals surface area contributed by atoms with Gasteiger partial charge < -0.3 is 14.8 Å². The van der Waals surface area contributed by atoms with Crippen LogP contribution in [0.5, 0.6) is 5.75 Å². The zero-order chi connectivity index (χ0) is 15.8. The number of aryl methyl sites for hydroxylation is 1. The van der Waals surface area contributed by atoms with Gasteiger partial charge in [0, 0.05) is 18.8 Å². The van der Waals surface area contributed by atoms with Gasteiger partial charge in [0.2, 0.25) is 0 Å². The van der Waals surface area contributed by atoms with Crippen molar-refractivity contribution in [2.45, 2.75) is 4.90 Å². The van der Waals surface area contributed by atoms with Gasteiger partial charge >= 0.3 is 0 Å². The molecular formula is C12H13BrN2O5S. The zero-order valence-electron chi connectivity index (χ0n) is 11.0. The number of pyridine rings is 1. The summed E-state index contributed by atoms with van der Waals surface area (Å²) < 4.78 is 33.4. The summed E-state index contributed by atoms with van der Waals surface area (Å²) >= 11 is 3.20. The number of rotatable bonds is 3. The zero-order valence-corrected chi connectivity index (χ0v) is 13.4. The maximum Gasteiger partial charge on any atom is 0.295 e. The Morgan fingerprint density at radius 1 is 1.38 bits per heavy atom. The van der Waals surface area contributed by atoms with Crippen LogP contribution in [0.4, 0.5) is 0 Å². The number of hydrogen-bond donors (Lipinski definition) is 3. The molecule has 0 amide bonds. The normalized spacial score (nSPS) is 13.0. The molecule has 3 N–H and O–H groups in total. The molecule has 7 nitrogen and oxygen atoms in total. The Balaban J connectivity index is 2.85. The molecule has 0 spiro atoms. The van der Waals surface area contributed by atoms with Gasteiger partial charge in [-0.2, -0.15) is 8.42 Å². The summed E-state index contributed by atoms with van der Waals surface area (Å²) in [5, 5.41) is 19.1. The van der Waals surface area contributed by atoms with Gasteiger partial charge in [0.25, 0.3) is 10.1 Å². The van der Waals surface area contributed by atoms with E-state index in [1.54, 1.807) is 13.1 Å². The van der Waals surface area contributed by atoms with Crippen LogP contribution in [0, 0.1) is 0 Å². The lowest BCUT2D eigenvalue weighted by Crippen LogP contribution is -2.12. The number of aromatic nitrogens is 1. The Morgan fingerprint density at radius 2 is 2.05 bits per heavy atom. The van der Waals surface area contributed by atoms with Gasteiger partial charge in [0.05, 0.1) is 23.3 Å². The topological polar surface area (TPSA) is 112 Å². The molecule has 9 heteroatoms. The van der Waals surface area contributed by atoms with Crippen molar-refractivity contribution in [3.05, 3.63) is 28.2 Å². The maximum atomic E-state index is 11.3. The third-order valence-corrected chi connectivity index (χ3v) is 4.53. The largest absolute Gasteiger partial charge is 0.505 e. The highest BCUT2D eigenvalue weighted by molar-refractivity contribution is 9.10. The van der Waals surface area contributed by atoms with Crippen molar-refractivity contribution in [2.75, 3.05) is 13.2 Å².